The molecule has 0 bridgehead atoms. The molecule has 2 heteroatoms. The van der Waals surface area contributed by atoms with Gasteiger partial charge in [0, 0.05) is 17.8 Å². The first-order valence-electron chi connectivity index (χ1n) is 5.99. The normalized spacial score (nSPS) is 12.5. The quantitative estimate of drug-likeness (QED) is 0.739. The van der Waals surface area contributed by atoms with Crippen LogP contribution in [0.25, 0.3) is 10.8 Å². The minimum Gasteiger partial charge on any atom is -0.320 e. The molecule has 3 rings (SSSR count). The fraction of sp³-hybridized carbons (Fsp3) is 0.0625. The zero-order chi connectivity index (χ0) is 12.4. The van der Waals surface area contributed by atoms with Crippen molar-refractivity contribution in [1.29, 1.82) is 0 Å². The van der Waals surface area contributed by atoms with Gasteiger partial charge in [-0.2, -0.15) is 0 Å². The summed E-state index contributed by atoms with van der Waals surface area (Å²) >= 11 is 0. The molecule has 1 atom stereocenters. The van der Waals surface area contributed by atoms with E-state index in [1.54, 1.807) is 0 Å². The number of nitrogens with zero attached hydrogens (tertiary/aromatic N) is 1. The Morgan fingerprint density at radius 3 is 2.56 bits per heavy atom. The van der Waals surface area contributed by atoms with Gasteiger partial charge in [-0.15, -0.1) is 0 Å². The summed E-state index contributed by atoms with van der Waals surface area (Å²) in [5.41, 5.74) is 8.63. The summed E-state index contributed by atoms with van der Waals surface area (Å²) in [6, 6.07) is 18.2. The number of hydrogen-bond acceptors (Lipinski definition) is 2. The molecule has 2 nitrogen and oxygen atoms in total. The van der Waals surface area contributed by atoms with Crippen LogP contribution in [0.2, 0.25) is 0 Å². The molecule has 2 N–H and O–H groups in total. The molecule has 2 aromatic carbocycles. The van der Waals surface area contributed by atoms with Gasteiger partial charge < -0.3 is 5.73 Å². The van der Waals surface area contributed by atoms with Crippen molar-refractivity contribution in [3.05, 3.63) is 78.1 Å². The number of fused-ring (bicyclic) bond motifs is 1. The molecule has 0 aliphatic rings. The Morgan fingerprint density at radius 1 is 0.889 bits per heavy atom. The molecule has 0 aliphatic heterocycles. The molecule has 0 saturated heterocycles. The predicted octanol–water partition coefficient (Wildman–Crippen LogP) is 3.28. The van der Waals surface area contributed by atoms with Gasteiger partial charge in [-0.1, -0.05) is 48.5 Å². The molecule has 1 heterocycles. The van der Waals surface area contributed by atoms with Crippen LogP contribution in [0.1, 0.15) is 17.2 Å². The van der Waals surface area contributed by atoms with E-state index < -0.39 is 0 Å². The van der Waals surface area contributed by atoms with E-state index in [1.165, 1.54) is 5.39 Å². The van der Waals surface area contributed by atoms with Crippen LogP contribution in [0.3, 0.4) is 0 Å². The van der Waals surface area contributed by atoms with Gasteiger partial charge in [0.15, 0.2) is 0 Å². The Labute approximate surface area is 106 Å². The lowest BCUT2D eigenvalue weighted by molar-refractivity contribution is 0.880. The van der Waals surface area contributed by atoms with Crippen molar-refractivity contribution < 1.29 is 0 Å². The second-order valence-electron chi connectivity index (χ2n) is 4.33. The Bertz CT molecular complexity index is 657. The van der Waals surface area contributed by atoms with Crippen LogP contribution in [0.5, 0.6) is 0 Å². The molecule has 0 radical (unpaired) electrons. The van der Waals surface area contributed by atoms with Gasteiger partial charge >= 0.3 is 0 Å². The van der Waals surface area contributed by atoms with E-state index in [-0.39, 0.29) is 6.04 Å². The largest absolute Gasteiger partial charge is 0.320 e. The molecule has 0 aliphatic carbocycles. The summed E-state index contributed by atoms with van der Waals surface area (Å²) in [5, 5.41) is 2.30. The highest BCUT2D eigenvalue weighted by molar-refractivity contribution is 5.85. The smallest absolute Gasteiger partial charge is 0.0557 e. The highest BCUT2D eigenvalue weighted by atomic mass is 14.6. The number of benzene rings is 2. The topological polar surface area (TPSA) is 38.9 Å². The highest BCUT2D eigenvalue weighted by Gasteiger charge is 2.11. The molecular weight excluding hydrogens is 220 g/mol. The fourth-order valence-corrected chi connectivity index (χ4v) is 2.26. The fourth-order valence-electron chi connectivity index (χ4n) is 2.26. The second kappa shape index (κ2) is 4.59. The Morgan fingerprint density at radius 2 is 1.72 bits per heavy atom. The molecule has 0 spiro atoms. The molecule has 0 saturated carbocycles. The van der Waals surface area contributed by atoms with Crippen molar-refractivity contribution >= 4 is 10.8 Å². The predicted molar refractivity (Wildman–Crippen MR) is 74.2 cm³/mol. The molecular formula is C16H14N2. The van der Waals surface area contributed by atoms with E-state index in [0.717, 1.165) is 16.5 Å². The first kappa shape index (κ1) is 10.9. The third-order valence-corrected chi connectivity index (χ3v) is 3.21. The highest BCUT2D eigenvalue weighted by Crippen LogP contribution is 2.26. The zero-order valence-electron chi connectivity index (χ0n) is 9.95. The van der Waals surface area contributed by atoms with Crippen LogP contribution in [-0.2, 0) is 0 Å². The molecule has 1 aromatic heterocycles. The van der Waals surface area contributed by atoms with Crippen LogP contribution in [-0.4, -0.2) is 4.98 Å². The lowest BCUT2D eigenvalue weighted by Gasteiger charge is -2.14. The van der Waals surface area contributed by atoms with Gasteiger partial charge in [-0.05, 0) is 22.6 Å². The zero-order valence-corrected chi connectivity index (χ0v) is 9.95. The molecule has 18 heavy (non-hydrogen) atoms. The van der Waals surface area contributed by atoms with Gasteiger partial charge in [0.05, 0.1) is 6.04 Å². The standard InChI is InChI=1S/C16H14N2/c17-16(12-5-2-1-3-6-12)15-8-4-7-13-11-18-10-9-14(13)15/h1-11,16H,17H2. The van der Waals surface area contributed by atoms with Crippen LogP contribution >= 0.6 is 0 Å². The summed E-state index contributed by atoms with van der Waals surface area (Å²) in [6.07, 6.45) is 3.68. The number of rotatable bonds is 2. The van der Waals surface area contributed by atoms with E-state index in [0.29, 0.717) is 0 Å². The molecule has 0 fully saturated rings. The Kier molecular flexibility index (Phi) is 2.79. The molecule has 1 unspecified atom stereocenters. The first-order valence-corrected chi connectivity index (χ1v) is 5.99. The average Bonchev–Trinajstić information content (AvgIpc) is 2.47. The third kappa shape index (κ3) is 1.87. The lowest BCUT2D eigenvalue weighted by Crippen LogP contribution is -2.12. The van der Waals surface area contributed by atoms with Crippen molar-refractivity contribution in [2.24, 2.45) is 5.73 Å². The van der Waals surface area contributed by atoms with Crippen LogP contribution in [0.4, 0.5) is 0 Å². The van der Waals surface area contributed by atoms with Crippen molar-refractivity contribution in [2.75, 3.05) is 0 Å². The van der Waals surface area contributed by atoms with Gasteiger partial charge in [0.25, 0.3) is 0 Å². The maximum atomic E-state index is 6.36. The molecule has 3 aromatic rings. The average molecular weight is 234 g/mol. The Balaban J connectivity index is 2.15. The van der Waals surface area contributed by atoms with Crippen LogP contribution in [0, 0.1) is 0 Å². The van der Waals surface area contributed by atoms with E-state index in [2.05, 4.69) is 29.2 Å². The van der Waals surface area contributed by atoms with Gasteiger partial charge in [0.2, 0.25) is 0 Å². The molecule has 0 amide bonds. The summed E-state index contributed by atoms with van der Waals surface area (Å²) in [5.74, 6) is 0. The summed E-state index contributed by atoms with van der Waals surface area (Å²) < 4.78 is 0. The van der Waals surface area contributed by atoms with Crippen LogP contribution < -0.4 is 5.73 Å². The van der Waals surface area contributed by atoms with Crippen molar-refractivity contribution in [3.63, 3.8) is 0 Å². The van der Waals surface area contributed by atoms with E-state index in [4.69, 9.17) is 5.73 Å². The SMILES string of the molecule is NC(c1ccccc1)c1cccc2cnccc12. The number of hydrogen-bond donors (Lipinski definition) is 1. The van der Waals surface area contributed by atoms with E-state index in [1.807, 2.05) is 42.7 Å². The lowest BCUT2D eigenvalue weighted by atomic mass is 9.95. The van der Waals surface area contributed by atoms with Crippen LogP contribution in [0.15, 0.2) is 67.0 Å². The van der Waals surface area contributed by atoms with E-state index in [9.17, 15) is 0 Å². The van der Waals surface area contributed by atoms with Gasteiger partial charge in [0.1, 0.15) is 0 Å². The second-order valence-corrected chi connectivity index (χ2v) is 4.33. The van der Waals surface area contributed by atoms with Gasteiger partial charge in [-0.25, -0.2) is 0 Å². The first-order chi connectivity index (χ1) is 8.86. The van der Waals surface area contributed by atoms with Gasteiger partial charge in [-0.3, -0.25) is 4.98 Å². The summed E-state index contributed by atoms with van der Waals surface area (Å²) in [6.45, 7) is 0. The van der Waals surface area contributed by atoms with Crippen molar-refractivity contribution in [1.82, 2.24) is 4.98 Å². The molecule has 88 valence electrons. The minimum absolute atomic E-state index is 0.0997. The maximum absolute atomic E-state index is 6.36. The number of pyridine rings is 1. The Hall–Kier alpha value is -2.19. The van der Waals surface area contributed by atoms with Crippen molar-refractivity contribution in [2.45, 2.75) is 6.04 Å². The minimum atomic E-state index is -0.0997. The maximum Gasteiger partial charge on any atom is 0.0557 e. The van der Waals surface area contributed by atoms with Crippen molar-refractivity contribution in [3.8, 4) is 0 Å². The monoisotopic (exact) mass is 234 g/mol. The summed E-state index contributed by atoms with van der Waals surface area (Å²) in [7, 11) is 0. The summed E-state index contributed by atoms with van der Waals surface area (Å²) in [4.78, 5) is 4.15. The van der Waals surface area contributed by atoms with E-state index >= 15 is 0 Å². The third-order valence-electron chi connectivity index (χ3n) is 3.21. The number of aromatic nitrogens is 1. The number of nitrogens with two attached hydrogens (primary N) is 1.